The lowest BCUT2D eigenvalue weighted by Gasteiger charge is -2.41. The molecule has 1 aliphatic rings. The molecule has 1 aromatic heterocycles. The monoisotopic (exact) mass is 596 g/mol. The van der Waals surface area contributed by atoms with Crippen molar-refractivity contribution < 1.29 is 33.3 Å². The summed E-state index contributed by atoms with van der Waals surface area (Å²) in [4.78, 5) is 19.4. The van der Waals surface area contributed by atoms with Gasteiger partial charge >= 0.3 is 5.97 Å². The number of aliphatic hydroxyl groups is 1. The van der Waals surface area contributed by atoms with E-state index in [0.29, 0.717) is 53.3 Å². The maximum absolute atomic E-state index is 15.5. The molecule has 2 aromatic carbocycles. The lowest BCUT2D eigenvalue weighted by molar-refractivity contribution is -0.160. The van der Waals surface area contributed by atoms with Crippen LogP contribution in [0.2, 0.25) is 0 Å². The number of halogens is 2. The maximum Gasteiger partial charge on any atom is 0.337 e. The first-order valence-corrected chi connectivity index (χ1v) is 14.7. The number of rotatable bonds is 10. The summed E-state index contributed by atoms with van der Waals surface area (Å²) < 4.78 is 40.5. The number of aliphatic hydroxyl groups excluding tert-OH is 1. The Morgan fingerprint density at radius 2 is 1.74 bits per heavy atom. The molecule has 0 radical (unpaired) electrons. The molecule has 9 heteroatoms. The third-order valence-corrected chi connectivity index (χ3v) is 7.80. The van der Waals surface area contributed by atoms with Crippen molar-refractivity contribution in [3.05, 3.63) is 76.6 Å². The van der Waals surface area contributed by atoms with Crippen LogP contribution in [0, 0.1) is 24.0 Å². The average molecular weight is 597 g/mol. The molecule has 0 bridgehead atoms. The molecule has 1 unspecified atom stereocenters. The number of carbonyl (C=O) groups is 1. The van der Waals surface area contributed by atoms with E-state index in [1.807, 2.05) is 0 Å². The van der Waals surface area contributed by atoms with Gasteiger partial charge in [0.2, 0.25) is 0 Å². The number of piperidine rings is 1. The molecule has 2 heterocycles. The van der Waals surface area contributed by atoms with Gasteiger partial charge in [-0.1, -0.05) is 32.0 Å². The summed E-state index contributed by atoms with van der Waals surface area (Å²) >= 11 is 0. The molecule has 0 amide bonds. The molecule has 1 atom stereocenters. The van der Waals surface area contributed by atoms with E-state index >= 15 is 4.39 Å². The molecule has 43 heavy (non-hydrogen) atoms. The molecule has 0 aliphatic carbocycles. The molecule has 4 rings (SSSR count). The Morgan fingerprint density at radius 3 is 2.30 bits per heavy atom. The Kier molecular flexibility index (Phi) is 9.76. The van der Waals surface area contributed by atoms with Crippen molar-refractivity contribution in [1.82, 2.24) is 4.98 Å². The van der Waals surface area contributed by atoms with E-state index in [4.69, 9.17) is 9.47 Å². The van der Waals surface area contributed by atoms with Gasteiger partial charge in [-0.3, -0.25) is 4.98 Å². The van der Waals surface area contributed by atoms with E-state index in [9.17, 15) is 19.4 Å². The molecule has 1 fully saturated rings. The average Bonchev–Trinajstić information content (AvgIpc) is 2.93. The van der Waals surface area contributed by atoms with E-state index < -0.39 is 30.1 Å². The summed E-state index contributed by atoms with van der Waals surface area (Å²) in [6.07, 6.45) is 0.882. The van der Waals surface area contributed by atoms with Crippen LogP contribution in [-0.2, 0) is 22.6 Å². The van der Waals surface area contributed by atoms with Crippen molar-refractivity contribution in [3.63, 3.8) is 0 Å². The van der Waals surface area contributed by atoms with E-state index in [2.05, 4.69) is 23.7 Å². The number of ether oxygens (including phenoxy) is 2. The highest BCUT2D eigenvalue weighted by atomic mass is 19.1. The predicted molar refractivity (Wildman–Crippen MR) is 162 cm³/mol. The van der Waals surface area contributed by atoms with Crippen LogP contribution in [0.3, 0.4) is 0 Å². The SMILES string of the molecule is Cc1nc(CO)c(-c2ccc(OCCc3ccc(F)cc3)c(F)c2)c(N2CCC(C)(C)CC2)c1C(OC(C)(C)C)C(=O)O. The molecule has 1 aliphatic heterocycles. The van der Waals surface area contributed by atoms with Crippen LogP contribution < -0.4 is 9.64 Å². The molecule has 2 N–H and O–H groups in total. The van der Waals surface area contributed by atoms with Crippen LogP contribution in [0.25, 0.3) is 11.1 Å². The van der Waals surface area contributed by atoms with Crippen LogP contribution in [0.4, 0.5) is 14.5 Å². The Morgan fingerprint density at radius 1 is 1.09 bits per heavy atom. The second kappa shape index (κ2) is 13.0. The van der Waals surface area contributed by atoms with Crippen molar-refractivity contribution in [1.29, 1.82) is 0 Å². The van der Waals surface area contributed by atoms with Gasteiger partial charge in [0.1, 0.15) is 5.82 Å². The number of pyridine rings is 1. The van der Waals surface area contributed by atoms with Gasteiger partial charge in [0.15, 0.2) is 17.7 Å². The number of carboxylic acid groups (broad SMARTS) is 1. The minimum absolute atomic E-state index is 0.0532. The van der Waals surface area contributed by atoms with Gasteiger partial charge in [0, 0.05) is 36.3 Å². The summed E-state index contributed by atoms with van der Waals surface area (Å²) in [5, 5.41) is 20.8. The number of aryl methyl sites for hydroxylation is 1. The number of nitrogens with zero attached hydrogens (tertiary/aromatic N) is 2. The zero-order valence-corrected chi connectivity index (χ0v) is 25.8. The molecular formula is C34H42F2N2O5. The van der Waals surface area contributed by atoms with Crippen LogP contribution in [0.1, 0.15) is 76.1 Å². The smallest absolute Gasteiger partial charge is 0.337 e. The first-order chi connectivity index (χ1) is 20.2. The normalized spacial score (nSPS) is 15.8. The maximum atomic E-state index is 15.5. The summed E-state index contributed by atoms with van der Waals surface area (Å²) in [6, 6.07) is 10.6. The Balaban J connectivity index is 1.79. The number of benzene rings is 2. The zero-order chi connectivity index (χ0) is 31.5. The third kappa shape index (κ3) is 7.89. The van der Waals surface area contributed by atoms with Crippen molar-refractivity contribution in [2.24, 2.45) is 5.41 Å². The Hall–Kier alpha value is -3.56. The highest BCUT2D eigenvalue weighted by molar-refractivity contribution is 5.88. The second-order valence-corrected chi connectivity index (χ2v) is 12.9. The van der Waals surface area contributed by atoms with Crippen molar-refractivity contribution in [2.45, 2.75) is 79.1 Å². The fourth-order valence-corrected chi connectivity index (χ4v) is 5.45. The predicted octanol–water partition coefficient (Wildman–Crippen LogP) is 7.02. The van der Waals surface area contributed by atoms with Gasteiger partial charge in [0.25, 0.3) is 0 Å². The van der Waals surface area contributed by atoms with Crippen molar-refractivity contribution in [3.8, 4) is 16.9 Å². The van der Waals surface area contributed by atoms with E-state index in [1.165, 1.54) is 24.3 Å². The standard InChI is InChI=1S/C34H42F2N2O5/c1-21-28(31(32(40)41)43-33(2,3)4)30(38-16-14-34(5,6)15-17-38)29(26(20-39)37-21)23-9-12-27(25(36)19-23)42-18-13-22-7-10-24(35)11-8-22/h7-12,19,31,39H,13-18,20H2,1-6H3,(H,40,41). The van der Waals surface area contributed by atoms with Crippen molar-refractivity contribution >= 4 is 11.7 Å². The van der Waals surface area contributed by atoms with Crippen molar-refractivity contribution in [2.75, 3.05) is 24.6 Å². The summed E-state index contributed by atoms with van der Waals surface area (Å²) in [5.41, 5.74) is 2.88. The number of anilines is 1. The van der Waals surface area contributed by atoms with Crippen LogP contribution in [0.15, 0.2) is 42.5 Å². The van der Waals surface area contributed by atoms with Gasteiger partial charge in [-0.25, -0.2) is 13.6 Å². The van der Waals surface area contributed by atoms with Gasteiger partial charge in [-0.15, -0.1) is 0 Å². The molecule has 0 saturated carbocycles. The Bertz CT molecular complexity index is 1440. The highest BCUT2D eigenvalue weighted by Crippen LogP contribution is 2.45. The zero-order valence-electron chi connectivity index (χ0n) is 25.8. The summed E-state index contributed by atoms with van der Waals surface area (Å²) in [7, 11) is 0. The minimum Gasteiger partial charge on any atom is -0.490 e. The Labute approximate surface area is 252 Å². The van der Waals surface area contributed by atoms with Crippen LogP contribution in [-0.4, -0.2) is 46.5 Å². The number of aromatic nitrogens is 1. The minimum atomic E-state index is -1.33. The molecule has 3 aromatic rings. The number of hydrogen-bond donors (Lipinski definition) is 2. The molecule has 1 saturated heterocycles. The lowest BCUT2D eigenvalue weighted by Crippen LogP contribution is -2.39. The number of hydrogen-bond acceptors (Lipinski definition) is 6. The van der Waals surface area contributed by atoms with E-state index in [1.54, 1.807) is 45.9 Å². The summed E-state index contributed by atoms with van der Waals surface area (Å²) in [5.74, 6) is -2.03. The fraction of sp³-hybridized carbons (Fsp3) is 0.471. The third-order valence-electron chi connectivity index (χ3n) is 7.80. The van der Waals surface area contributed by atoms with Gasteiger partial charge in [0.05, 0.1) is 30.2 Å². The molecule has 0 spiro atoms. The van der Waals surface area contributed by atoms with E-state index in [-0.39, 0.29) is 23.6 Å². The van der Waals surface area contributed by atoms with Gasteiger partial charge in [-0.05, 0) is 81.3 Å². The largest absolute Gasteiger partial charge is 0.490 e. The van der Waals surface area contributed by atoms with Gasteiger partial charge in [-0.2, -0.15) is 0 Å². The second-order valence-electron chi connectivity index (χ2n) is 12.9. The van der Waals surface area contributed by atoms with Crippen LogP contribution in [0.5, 0.6) is 5.75 Å². The summed E-state index contributed by atoms with van der Waals surface area (Å²) in [6.45, 7) is 12.6. The first-order valence-electron chi connectivity index (χ1n) is 14.7. The quantitative estimate of drug-likeness (QED) is 0.260. The van der Waals surface area contributed by atoms with Gasteiger partial charge < -0.3 is 24.6 Å². The first kappa shape index (κ1) is 32.4. The number of carboxylic acids is 1. The van der Waals surface area contributed by atoms with E-state index in [0.717, 1.165) is 18.4 Å². The molecular weight excluding hydrogens is 554 g/mol. The number of aliphatic carboxylic acids is 1. The molecule has 232 valence electrons. The topological polar surface area (TPSA) is 92.1 Å². The molecule has 7 nitrogen and oxygen atoms in total. The van der Waals surface area contributed by atoms with Crippen LogP contribution >= 0.6 is 0 Å². The highest BCUT2D eigenvalue weighted by Gasteiger charge is 2.37. The lowest BCUT2D eigenvalue weighted by atomic mass is 9.81. The fourth-order valence-electron chi connectivity index (χ4n) is 5.45.